The van der Waals surface area contributed by atoms with Gasteiger partial charge in [-0.05, 0) is 31.2 Å². The Kier molecular flexibility index (Phi) is 4.81. The van der Waals surface area contributed by atoms with Crippen LogP contribution in [0.4, 0.5) is 10.5 Å². The van der Waals surface area contributed by atoms with Crippen LogP contribution in [-0.4, -0.2) is 61.4 Å². The maximum Gasteiger partial charge on any atom is 0.335 e. The Hall–Kier alpha value is -2.86. The Labute approximate surface area is 159 Å². The first-order valence-electron chi connectivity index (χ1n) is 9.39. The number of piperazine rings is 1. The molecule has 27 heavy (non-hydrogen) atoms. The lowest BCUT2D eigenvalue weighted by atomic mass is 9.96. The van der Waals surface area contributed by atoms with E-state index in [1.807, 2.05) is 12.1 Å². The van der Waals surface area contributed by atoms with E-state index in [1.54, 1.807) is 0 Å². The van der Waals surface area contributed by atoms with E-state index in [9.17, 15) is 4.79 Å². The largest absolute Gasteiger partial charge is 0.369 e. The van der Waals surface area contributed by atoms with Gasteiger partial charge in [0.2, 0.25) is 0 Å². The van der Waals surface area contributed by atoms with Gasteiger partial charge in [-0.25, -0.2) is 9.80 Å². The van der Waals surface area contributed by atoms with Gasteiger partial charge in [-0.2, -0.15) is 5.10 Å². The number of anilines is 1. The van der Waals surface area contributed by atoms with Crippen molar-refractivity contribution >= 4 is 17.4 Å². The lowest BCUT2D eigenvalue weighted by Gasteiger charge is -2.34. The molecular formula is C21H25N5O. The number of carbonyl (C=O) groups excluding carboxylic acids is 1. The third-order valence-electron chi connectivity index (χ3n) is 5.35. The van der Waals surface area contributed by atoms with E-state index in [0.29, 0.717) is 6.54 Å². The van der Waals surface area contributed by atoms with Crippen LogP contribution in [0.5, 0.6) is 0 Å². The normalized spacial score (nSPS) is 17.9. The standard InChI is InChI=1S/C21H25N5O/c1-24-12-14-25(15-13-24)18-8-6-17(7-9-18)20-19-5-3-2-4-16(19)10-11-26(23-20)21(22)27/h2-9H,10-15H2,1H3,(H2,22,27). The molecule has 2 aliphatic rings. The van der Waals surface area contributed by atoms with Crippen molar-refractivity contribution in [2.24, 2.45) is 10.8 Å². The van der Waals surface area contributed by atoms with Crippen LogP contribution in [0.2, 0.25) is 0 Å². The van der Waals surface area contributed by atoms with Crippen molar-refractivity contribution in [3.8, 4) is 0 Å². The van der Waals surface area contributed by atoms with Crippen molar-refractivity contribution < 1.29 is 4.79 Å². The number of likely N-dealkylation sites (N-methyl/N-ethyl adjacent to an activating group) is 1. The minimum Gasteiger partial charge on any atom is -0.369 e. The molecule has 4 rings (SSSR count). The molecule has 0 radical (unpaired) electrons. The highest BCUT2D eigenvalue weighted by Crippen LogP contribution is 2.23. The van der Waals surface area contributed by atoms with Crippen molar-refractivity contribution in [3.63, 3.8) is 0 Å². The Morgan fingerprint density at radius 1 is 0.963 bits per heavy atom. The molecule has 0 aliphatic carbocycles. The van der Waals surface area contributed by atoms with Gasteiger partial charge in [-0.1, -0.05) is 36.4 Å². The average molecular weight is 363 g/mol. The van der Waals surface area contributed by atoms with E-state index in [0.717, 1.165) is 49.4 Å². The topological polar surface area (TPSA) is 65.2 Å². The molecule has 2 heterocycles. The van der Waals surface area contributed by atoms with Gasteiger partial charge in [0.15, 0.2) is 0 Å². The van der Waals surface area contributed by atoms with Gasteiger partial charge in [0.25, 0.3) is 0 Å². The Bertz CT molecular complexity index is 853. The molecule has 0 aromatic heterocycles. The molecule has 140 valence electrons. The maximum atomic E-state index is 11.8. The van der Waals surface area contributed by atoms with Gasteiger partial charge >= 0.3 is 6.03 Å². The number of hydrogen-bond donors (Lipinski definition) is 1. The summed E-state index contributed by atoms with van der Waals surface area (Å²) in [7, 11) is 2.16. The summed E-state index contributed by atoms with van der Waals surface area (Å²) < 4.78 is 0. The Balaban J connectivity index is 1.66. The number of carbonyl (C=O) groups is 1. The van der Waals surface area contributed by atoms with Crippen LogP contribution in [-0.2, 0) is 6.42 Å². The number of amides is 2. The van der Waals surface area contributed by atoms with Gasteiger partial charge in [-0.15, -0.1) is 0 Å². The van der Waals surface area contributed by atoms with Gasteiger partial charge < -0.3 is 15.5 Å². The summed E-state index contributed by atoms with van der Waals surface area (Å²) in [6.45, 7) is 4.73. The number of fused-ring (bicyclic) bond motifs is 1. The van der Waals surface area contributed by atoms with Crippen LogP contribution < -0.4 is 10.6 Å². The SMILES string of the molecule is CN1CCN(c2ccc(C3=NN(C(N)=O)CCc4ccccc43)cc2)CC1. The molecular weight excluding hydrogens is 338 g/mol. The molecule has 6 nitrogen and oxygen atoms in total. The van der Waals surface area contributed by atoms with Crippen molar-refractivity contribution in [2.45, 2.75) is 6.42 Å². The molecule has 0 spiro atoms. The fourth-order valence-electron chi connectivity index (χ4n) is 3.69. The molecule has 2 N–H and O–H groups in total. The van der Waals surface area contributed by atoms with Crippen molar-refractivity contribution in [1.82, 2.24) is 9.91 Å². The van der Waals surface area contributed by atoms with Crippen molar-refractivity contribution in [1.29, 1.82) is 0 Å². The zero-order valence-corrected chi connectivity index (χ0v) is 15.6. The molecule has 0 bridgehead atoms. The number of primary amides is 1. The highest BCUT2D eigenvalue weighted by atomic mass is 16.2. The summed E-state index contributed by atoms with van der Waals surface area (Å²) in [4.78, 5) is 16.5. The van der Waals surface area contributed by atoms with E-state index >= 15 is 0 Å². The molecule has 1 saturated heterocycles. The molecule has 2 amide bonds. The predicted octanol–water partition coefficient (Wildman–Crippen LogP) is 2.13. The summed E-state index contributed by atoms with van der Waals surface area (Å²) in [6.07, 6.45) is 0.742. The van der Waals surface area contributed by atoms with Crippen molar-refractivity contribution in [2.75, 3.05) is 44.7 Å². The van der Waals surface area contributed by atoms with Gasteiger partial charge in [0, 0.05) is 43.0 Å². The van der Waals surface area contributed by atoms with Crippen LogP contribution in [0.1, 0.15) is 16.7 Å². The van der Waals surface area contributed by atoms with E-state index in [2.05, 4.69) is 58.3 Å². The van der Waals surface area contributed by atoms with E-state index in [4.69, 9.17) is 5.73 Å². The Morgan fingerprint density at radius 3 is 2.37 bits per heavy atom. The summed E-state index contributed by atoms with van der Waals surface area (Å²) in [5, 5.41) is 5.96. The number of hydrogen-bond acceptors (Lipinski definition) is 4. The van der Waals surface area contributed by atoms with Crippen LogP contribution in [0.15, 0.2) is 53.6 Å². The summed E-state index contributed by atoms with van der Waals surface area (Å²) >= 11 is 0. The van der Waals surface area contributed by atoms with Crippen LogP contribution in [0.25, 0.3) is 0 Å². The quantitative estimate of drug-likeness (QED) is 0.889. The minimum absolute atomic E-state index is 0.495. The van der Waals surface area contributed by atoms with Gasteiger partial charge in [-0.3, -0.25) is 0 Å². The first-order chi connectivity index (χ1) is 13.1. The second kappa shape index (κ2) is 7.40. The number of nitrogens with zero attached hydrogens (tertiary/aromatic N) is 4. The summed E-state index contributed by atoms with van der Waals surface area (Å²) in [6, 6.07) is 16.1. The number of hydrazone groups is 1. The van der Waals surface area contributed by atoms with Gasteiger partial charge in [0.1, 0.15) is 0 Å². The fraction of sp³-hybridized carbons (Fsp3) is 0.333. The molecule has 2 aliphatic heterocycles. The average Bonchev–Trinajstić information content (AvgIpc) is 2.89. The lowest BCUT2D eigenvalue weighted by molar-refractivity contribution is 0.211. The second-order valence-corrected chi connectivity index (χ2v) is 7.15. The second-order valence-electron chi connectivity index (χ2n) is 7.15. The molecule has 0 saturated carbocycles. The number of benzene rings is 2. The van der Waals surface area contributed by atoms with Crippen molar-refractivity contribution in [3.05, 3.63) is 65.2 Å². The zero-order valence-electron chi connectivity index (χ0n) is 15.6. The monoisotopic (exact) mass is 363 g/mol. The molecule has 2 aromatic carbocycles. The highest BCUT2D eigenvalue weighted by Gasteiger charge is 2.21. The van der Waals surface area contributed by atoms with E-state index in [1.165, 1.54) is 16.3 Å². The zero-order chi connectivity index (χ0) is 18.8. The number of rotatable bonds is 2. The third kappa shape index (κ3) is 3.66. The lowest BCUT2D eigenvalue weighted by Crippen LogP contribution is -2.44. The fourth-order valence-corrected chi connectivity index (χ4v) is 3.69. The minimum atomic E-state index is -0.519. The maximum absolute atomic E-state index is 11.8. The molecule has 2 aromatic rings. The Morgan fingerprint density at radius 2 is 1.67 bits per heavy atom. The molecule has 0 atom stereocenters. The number of urea groups is 1. The smallest absolute Gasteiger partial charge is 0.335 e. The van der Waals surface area contributed by atoms with E-state index < -0.39 is 6.03 Å². The first-order valence-corrected chi connectivity index (χ1v) is 9.39. The highest BCUT2D eigenvalue weighted by molar-refractivity contribution is 6.14. The van der Waals surface area contributed by atoms with E-state index in [-0.39, 0.29) is 0 Å². The summed E-state index contributed by atoms with van der Waals surface area (Å²) in [5.41, 5.74) is 10.8. The van der Waals surface area contributed by atoms with Crippen LogP contribution in [0, 0.1) is 0 Å². The van der Waals surface area contributed by atoms with Crippen LogP contribution in [0.3, 0.4) is 0 Å². The van der Waals surface area contributed by atoms with Crippen LogP contribution >= 0.6 is 0 Å². The molecule has 0 unspecified atom stereocenters. The first kappa shape index (κ1) is 17.5. The van der Waals surface area contributed by atoms with Gasteiger partial charge in [0.05, 0.1) is 12.3 Å². The predicted molar refractivity (Wildman–Crippen MR) is 108 cm³/mol. The molecule has 1 fully saturated rings. The number of nitrogens with two attached hydrogens (primary N) is 1. The molecule has 6 heteroatoms. The third-order valence-corrected chi connectivity index (χ3v) is 5.35. The summed E-state index contributed by atoms with van der Waals surface area (Å²) in [5.74, 6) is 0.